The second kappa shape index (κ2) is 7.58. The van der Waals surface area contributed by atoms with Crippen molar-refractivity contribution in [3.05, 3.63) is 65.2 Å². The highest BCUT2D eigenvalue weighted by molar-refractivity contribution is 7.89. The minimum Gasteiger partial charge on any atom is -0.369 e. The predicted molar refractivity (Wildman–Crippen MR) is 104 cm³/mol. The zero-order valence-corrected chi connectivity index (χ0v) is 15.8. The summed E-state index contributed by atoms with van der Waals surface area (Å²) in [5, 5.41) is 0. The van der Waals surface area contributed by atoms with Gasteiger partial charge >= 0.3 is 0 Å². The zero-order chi connectivity index (χ0) is 17.9. The number of anilines is 1. The van der Waals surface area contributed by atoms with E-state index in [1.165, 1.54) is 16.8 Å². The van der Waals surface area contributed by atoms with E-state index in [1.54, 1.807) is 4.31 Å². The minimum absolute atomic E-state index is 0.181. The molecule has 0 amide bonds. The second-order valence-electron chi connectivity index (χ2n) is 6.73. The van der Waals surface area contributed by atoms with Crippen LogP contribution in [0.25, 0.3) is 0 Å². The Hall–Kier alpha value is -1.85. The van der Waals surface area contributed by atoms with Crippen molar-refractivity contribution >= 4 is 15.7 Å². The smallest absolute Gasteiger partial charge is 0.214 e. The fraction of sp³-hybridized carbons (Fsp3) is 0.400. The number of rotatable bonds is 5. The van der Waals surface area contributed by atoms with Crippen molar-refractivity contribution < 1.29 is 8.42 Å². The van der Waals surface area contributed by atoms with Crippen molar-refractivity contribution in [2.24, 2.45) is 0 Å². The van der Waals surface area contributed by atoms with Gasteiger partial charge in [-0.2, -0.15) is 4.31 Å². The van der Waals surface area contributed by atoms with E-state index in [-0.39, 0.29) is 5.75 Å². The van der Waals surface area contributed by atoms with Crippen LogP contribution >= 0.6 is 0 Å². The molecule has 1 saturated heterocycles. The number of nitrogens with zero attached hydrogens (tertiary/aromatic N) is 2. The van der Waals surface area contributed by atoms with Crippen LogP contribution in [0, 0.1) is 13.8 Å². The van der Waals surface area contributed by atoms with Gasteiger partial charge in [-0.1, -0.05) is 48.0 Å². The maximum absolute atomic E-state index is 12.6. The van der Waals surface area contributed by atoms with Crippen molar-refractivity contribution in [2.45, 2.75) is 20.3 Å². The van der Waals surface area contributed by atoms with Crippen molar-refractivity contribution in [1.82, 2.24) is 4.31 Å². The van der Waals surface area contributed by atoms with Crippen LogP contribution in [0.1, 0.15) is 16.7 Å². The van der Waals surface area contributed by atoms with Crippen LogP contribution < -0.4 is 4.90 Å². The van der Waals surface area contributed by atoms with Crippen LogP contribution in [0.5, 0.6) is 0 Å². The maximum atomic E-state index is 12.6. The Morgan fingerprint density at radius 3 is 2.24 bits per heavy atom. The lowest BCUT2D eigenvalue weighted by Crippen LogP contribution is -2.49. The Kier molecular flexibility index (Phi) is 5.45. The molecule has 5 heteroatoms. The number of benzene rings is 2. The lowest BCUT2D eigenvalue weighted by Gasteiger charge is -2.36. The first-order valence-corrected chi connectivity index (χ1v) is 10.4. The fourth-order valence-corrected chi connectivity index (χ4v) is 4.86. The molecule has 1 aliphatic heterocycles. The zero-order valence-electron chi connectivity index (χ0n) is 15.0. The van der Waals surface area contributed by atoms with Crippen LogP contribution in [0.2, 0.25) is 0 Å². The van der Waals surface area contributed by atoms with E-state index in [0.29, 0.717) is 19.5 Å². The minimum atomic E-state index is -3.20. The number of aryl methyl sites for hydroxylation is 3. The van der Waals surface area contributed by atoms with Gasteiger partial charge in [-0.15, -0.1) is 0 Å². The highest BCUT2D eigenvalue weighted by Gasteiger charge is 2.27. The van der Waals surface area contributed by atoms with Gasteiger partial charge in [0.25, 0.3) is 0 Å². The van der Waals surface area contributed by atoms with Crippen molar-refractivity contribution in [3.63, 3.8) is 0 Å². The molecule has 4 nitrogen and oxygen atoms in total. The molecule has 134 valence electrons. The third kappa shape index (κ3) is 4.41. The Morgan fingerprint density at radius 1 is 0.920 bits per heavy atom. The summed E-state index contributed by atoms with van der Waals surface area (Å²) < 4.78 is 26.9. The molecule has 0 aliphatic carbocycles. The quantitative estimate of drug-likeness (QED) is 0.825. The van der Waals surface area contributed by atoms with Crippen LogP contribution in [0.3, 0.4) is 0 Å². The second-order valence-corrected chi connectivity index (χ2v) is 8.82. The van der Waals surface area contributed by atoms with E-state index >= 15 is 0 Å². The predicted octanol–water partition coefficient (Wildman–Crippen LogP) is 3.00. The largest absolute Gasteiger partial charge is 0.369 e. The summed E-state index contributed by atoms with van der Waals surface area (Å²) in [5.41, 5.74) is 4.79. The summed E-state index contributed by atoms with van der Waals surface area (Å²) in [4.78, 5) is 2.29. The first-order chi connectivity index (χ1) is 12.0. The van der Waals surface area contributed by atoms with Gasteiger partial charge in [0, 0.05) is 31.9 Å². The number of sulfonamides is 1. The van der Waals surface area contributed by atoms with Crippen LogP contribution in [0.4, 0.5) is 5.69 Å². The molecule has 1 heterocycles. The highest BCUT2D eigenvalue weighted by Crippen LogP contribution is 2.23. The molecule has 0 saturated carbocycles. The molecule has 2 aromatic carbocycles. The van der Waals surface area contributed by atoms with Gasteiger partial charge < -0.3 is 4.90 Å². The van der Waals surface area contributed by atoms with E-state index in [2.05, 4.69) is 36.9 Å². The SMILES string of the molecule is Cc1ccc(N2CCN(S(=O)(=O)CCc3ccccc3)CC2)c(C)c1. The molecule has 1 aliphatic rings. The van der Waals surface area contributed by atoms with Crippen molar-refractivity contribution in [1.29, 1.82) is 0 Å². The lowest BCUT2D eigenvalue weighted by atomic mass is 10.1. The Bertz CT molecular complexity index is 811. The molecule has 0 radical (unpaired) electrons. The molecule has 0 unspecified atom stereocenters. The van der Waals surface area contributed by atoms with Crippen molar-refractivity contribution in [2.75, 3.05) is 36.8 Å². The Morgan fingerprint density at radius 2 is 1.60 bits per heavy atom. The van der Waals surface area contributed by atoms with Gasteiger partial charge in [-0.3, -0.25) is 0 Å². The molecule has 2 aromatic rings. The average Bonchev–Trinajstić information content (AvgIpc) is 2.61. The summed E-state index contributed by atoms with van der Waals surface area (Å²) >= 11 is 0. The Labute approximate surface area is 151 Å². The van der Waals surface area contributed by atoms with E-state index in [9.17, 15) is 8.42 Å². The van der Waals surface area contributed by atoms with E-state index < -0.39 is 10.0 Å². The standard InChI is InChI=1S/C20H26N2O2S/c1-17-8-9-20(18(2)16-17)21-11-13-22(14-12-21)25(23,24)15-10-19-6-4-3-5-7-19/h3-9,16H,10-15H2,1-2H3. The number of hydrogen-bond acceptors (Lipinski definition) is 3. The van der Waals surface area contributed by atoms with E-state index in [1.807, 2.05) is 30.3 Å². The van der Waals surface area contributed by atoms with Gasteiger partial charge in [0.15, 0.2) is 0 Å². The fourth-order valence-electron chi connectivity index (χ4n) is 3.39. The summed E-state index contributed by atoms with van der Waals surface area (Å²) in [6, 6.07) is 16.2. The van der Waals surface area contributed by atoms with E-state index in [4.69, 9.17) is 0 Å². The third-order valence-corrected chi connectivity index (χ3v) is 6.69. The summed E-state index contributed by atoms with van der Waals surface area (Å²) in [6.45, 7) is 6.82. The average molecular weight is 359 g/mol. The normalized spacial score (nSPS) is 16.2. The molecule has 0 bridgehead atoms. The number of piperazine rings is 1. The molecule has 25 heavy (non-hydrogen) atoms. The molecular weight excluding hydrogens is 332 g/mol. The first kappa shape index (κ1) is 18.0. The number of hydrogen-bond donors (Lipinski definition) is 0. The van der Waals surface area contributed by atoms with Gasteiger partial charge in [0.05, 0.1) is 5.75 Å². The summed E-state index contributed by atoms with van der Waals surface area (Å²) in [7, 11) is -3.20. The monoisotopic (exact) mass is 358 g/mol. The van der Waals surface area contributed by atoms with Gasteiger partial charge in [-0.05, 0) is 37.5 Å². The van der Waals surface area contributed by atoms with Gasteiger partial charge in [0.1, 0.15) is 0 Å². The summed E-state index contributed by atoms with van der Waals surface area (Å²) in [5.74, 6) is 0.181. The van der Waals surface area contributed by atoms with Crippen LogP contribution in [-0.4, -0.2) is 44.7 Å². The molecule has 3 rings (SSSR count). The Balaban J connectivity index is 1.59. The molecule has 0 N–H and O–H groups in total. The van der Waals surface area contributed by atoms with Crippen LogP contribution in [0.15, 0.2) is 48.5 Å². The third-order valence-electron chi connectivity index (χ3n) is 4.82. The highest BCUT2D eigenvalue weighted by atomic mass is 32.2. The maximum Gasteiger partial charge on any atom is 0.214 e. The summed E-state index contributed by atoms with van der Waals surface area (Å²) in [6.07, 6.45) is 0.570. The molecule has 0 aromatic heterocycles. The topological polar surface area (TPSA) is 40.6 Å². The molecule has 1 fully saturated rings. The van der Waals surface area contributed by atoms with Crippen LogP contribution in [-0.2, 0) is 16.4 Å². The molecular formula is C20H26N2O2S. The van der Waals surface area contributed by atoms with Gasteiger partial charge in [0.2, 0.25) is 10.0 Å². The van der Waals surface area contributed by atoms with E-state index in [0.717, 1.165) is 18.7 Å². The first-order valence-electron chi connectivity index (χ1n) is 8.80. The molecule has 0 spiro atoms. The van der Waals surface area contributed by atoms with Gasteiger partial charge in [-0.25, -0.2) is 8.42 Å². The van der Waals surface area contributed by atoms with Crippen molar-refractivity contribution in [3.8, 4) is 0 Å². The molecule has 0 atom stereocenters. The lowest BCUT2D eigenvalue weighted by molar-refractivity contribution is 0.384.